The molecule has 0 spiro atoms. The van der Waals surface area contributed by atoms with Gasteiger partial charge in [0.05, 0.1) is 11.4 Å². The van der Waals surface area contributed by atoms with Crippen molar-refractivity contribution < 1.29 is 4.39 Å². The number of nitrogens with zero attached hydrogens (tertiary/aromatic N) is 4. The van der Waals surface area contributed by atoms with Crippen LogP contribution in [0.5, 0.6) is 0 Å². The zero-order valence-electron chi connectivity index (χ0n) is 18.8. The van der Waals surface area contributed by atoms with Gasteiger partial charge in [0.25, 0.3) is 4.99 Å². The largest absolute Gasteiger partial charge is 0.341 e. The molecule has 2 aliphatic rings. The van der Waals surface area contributed by atoms with Crippen LogP contribution < -0.4 is 15.5 Å². The summed E-state index contributed by atoms with van der Waals surface area (Å²) < 4.78 is 15.6. The van der Waals surface area contributed by atoms with Crippen molar-refractivity contribution in [3.8, 4) is 6.07 Å². The molecule has 172 valence electrons. The molecular formula is C24H27FN6S2. The van der Waals surface area contributed by atoms with Crippen LogP contribution >= 0.6 is 23.1 Å². The normalized spacial score (nSPS) is 21.1. The van der Waals surface area contributed by atoms with Crippen LogP contribution in [-0.4, -0.2) is 34.0 Å². The maximum absolute atomic E-state index is 13.4. The highest BCUT2D eigenvalue weighted by molar-refractivity contribution is 8.04. The Morgan fingerprint density at radius 2 is 2.03 bits per heavy atom. The van der Waals surface area contributed by atoms with E-state index in [1.165, 1.54) is 28.8 Å². The first-order chi connectivity index (χ1) is 16.1. The molecule has 1 saturated heterocycles. The SMILES string of the molecule is CCc1nc2sc(C3CCNCC3)cn2c1N(CC)C1(C#N)NC(c2ccc(F)cc2)=CS1. The van der Waals surface area contributed by atoms with Gasteiger partial charge in [0.15, 0.2) is 4.96 Å². The Labute approximate surface area is 201 Å². The number of anilines is 1. The number of fused-ring (bicyclic) bond motifs is 1. The fourth-order valence-corrected chi connectivity index (χ4v) is 6.85. The van der Waals surface area contributed by atoms with E-state index >= 15 is 0 Å². The number of aromatic nitrogens is 2. The molecule has 9 heteroatoms. The van der Waals surface area contributed by atoms with Gasteiger partial charge in [-0.3, -0.25) is 4.40 Å². The first-order valence-corrected chi connectivity index (χ1v) is 13.1. The van der Waals surface area contributed by atoms with Gasteiger partial charge in [-0.05, 0) is 75.0 Å². The van der Waals surface area contributed by atoms with E-state index in [9.17, 15) is 9.65 Å². The Balaban J connectivity index is 1.52. The number of hydrogen-bond acceptors (Lipinski definition) is 7. The lowest BCUT2D eigenvalue weighted by Crippen LogP contribution is -2.53. The van der Waals surface area contributed by atoms with Crippen LogP contribution in [0.25, 0.3) is 10.7 Å². The van der Waals surface area contributed by atoms with Crippen molar-refractivity contribution >= 4 is 39.6 Å². The predicted molar refractivity (Wildman–Crippen MR) is 134 cm³/mol. The van der Waals surface area contributed by atoms with Crippen molar-refractivity contribution in [1.82, 2.24) is 20.0 Å². The average Bonchev–Trinajstić information content (AvgIpc) is 3.55. The van der Waals surface area contributed by atoms with E-state index < -0.39 is 4.99 Å². The standard InChI is InChI=1S/C24H27FN6S2/c1-3-19-22(30-13-21(33-23(30)28-19)17-9-11-27-12-10-17)31(4-2)24(15-26)29-20(14-32-24)16-5-7-18(25)8-6-16/h5-8,13-14,17,27,29H,3-4,9-12H2,1-2H3. The number of thioether (sulfide) groups is 1. The summed E-state index contributed by atoms with van der Waals surface area (Å²) in [6, 6.07) is 8.87. The van der Waals surface area contributed by atoms with Crippen molar-refractivity contribution in [1.29, 1.82) is 5.26 Å². The van der Waals surface area contributed by atoms with Gasteiger partial charge in [0, 0.05) is 23.0 Å². The molecule has 5 rings (SSSR count). The van der Waals surface area contributed by atoms with Crippen molar-refractivity contribution in [2.75, 3.05) is 24.5 Å². The summed E-state index contributed by atoms with van der Waals surface area (Å²) in [7, 11) is 0. The van der Waals surface area contributed by atoms with Gasteiger partial charge < -0.3 is 15.5 Å². The van der Waals surface area contributed by atoms with Gasteiger partial charge in [-0.15, -0.1) is 11.3 Å². The Kier molecular flexibility index (Phi) is 6.08. The number of aryl methyl sites for hydroxylation is 1. The molecule has 0 aliphatic carbocycles. The first-order valence-electron chi connectivity index (χ1n) is 11.4. The van der Waals surface area contributed by atoms with E-state index in [0.717, 1.165) is 60.1 Å². The number of nitrogens with one attached hydrogen (secondary N) is 2. The molecule has 2 N–H and O–H groups in total. The molecule has 33 heavy (non-hydrogen) atoms. The van der Waals surface area contributed by atoms with Gasteiger partial charge in [0.2, 0.25) is 0 Å². The number of nitriles is 1. The van der Waals surface area contributed by atoms with Crippen LogP contribution in [-0.2, 0) is 6.42 Å². The topological polar surface area (TPSA) is 68.4 Å². The molecule has 1 atom stereocenters. The van der Waals surface area contributed by atoms with Gasteiger partial charge >= 0.3 is 0 Å². The summed E-state index contributed by atoms with van der Waals surface area (Å²) >= 11 is 3.21. The third-order valence-electron chi connectivity index (χ3n) is 6.38. The molecule has 6 nitrogen and oxygen atoms in total. The number of halogens is 1. The third-order valence-corrected chi connectivity index (χ3v) is 8.63. The molecule has 2 aliphatic heterocycles. The molecule has 0 saturated carbocycles. The molecule has 0 amide bonds. The zero-order chi connectivity index (χ0) is 23.0. The molecule has 4 heterocycles. The molecule has 3 aromatic rings. The van der Waals surface area contributed by atoms with E-state index in [0.29, 0.717) is 12.5 Å². The molecule has 0 bridgehead atoms. The lowest BCUT2D eigenvalue weighted by Gasteiger charge is -2.36. The maximum Gasteiger partial charge on any atom is 0.255 e. The van der Waals surface area contributed by atoms with Gasteiger partial charge in [-0.1, -0.05) is 18.7 Å². The highest BCUT2D eigenvalue weighted by Gasteiger charge is 2.43. The van der Waals surface area contributed by atoms with Crippen molar-refractivity contribution in [3.05, 3.63) is 57.8 Å². The Bertz CT molecular complexity index is 1220. The highest BCUT2D eigenvalue weighted by atomic mass is 32.2. The fraction of sp³-hybridized carbons (Fsp3) is 0.417. The van der Waals surface area contributed by atoms with Crippen molar-refractivity contribution in [2.24, 2.45) is 0 Å². The number of thiazole rings is 1. The van der Waals surface area contributed by atoms with Crippen LogP contribution in [0, 0.1) is 17.1 Å². The van der Waals surface area contributed by atoms with Gasteiger partial charge in [-0.2, -0.15) is 5.26 Å². The predicted octanol–water partition coefficient (Wildman–Crippen LogP) is 4.90. The lowest BCUT2D eigenvalue weighted by atomic mass is 9.97. The second-order valence-electron chi connectivity index (χ2n) is 8.33. The molecule has 1 fully saturated rings. The summed E-state index contributed by atoms with van der Waals surface area (Å²) in [5.74, 6) is 1.26. The van der Waals surface area contributed by atoms with Crippen molar-refractivity contribution in [2.45, 2.75) is 44.0 Å². The van der Waals surface area contributed by atoms with Crippen LogP contribution in [0.1, 0.15) is 48.7 Å². The fourth-order valence-electron chi connectivity index (χ4n) is 4.64. The minimum absolute atomic E-state index is 0.275. The molecule has 2 aromatic heterocycles. The van der Waals surface area contributed by atoms with Crippen LogP contribution in [0.15, 0.2) is 35.9 Å². The first kappa shape index (κ1) is 22.3. The highest BCUT2D eigenvalue weighted by Crippen LogP contribution is 2.43. The van der Waals surface area contributed by atoms with E-state index in [2.05, 4.69) is 46.0 Å². The minimum atomic E-state index is -1.00. The molecular weight excluding hydrogens is 455 g/mol. The van der Waals surface area contributed by atoms with E-state index in [1.54, 1.807) is 23.5 Å². The zero-order valence-corrected chi connectivity index (χ0v) is 20.4. The van der Waals surface area contributed by atoms with E-state index in [4.69, 9.17) is 4.98 Å². The molecule has 1 unspecified atom stereocenters. The number of hydrogen-bond donors (Lipinski definition) is 2. The number of rotatable bonds is 6. The smallest absolute Gasteiger partial charge is 0.255 e. The summed E-state index contributed by atoms with van der Waals surface area (Å²) in [6.45, 7) is 6.91. The number of benzene rings is 1. The lowest BCUT2D eigenvalue weighted by molar-refractivity contribution is 0.464. The average molecular weight is 483 g/mol. The Morgan fingerprint density at radius 3 is 2.70 bits per heavy atom. The summed E-state index contributed by atoms with van der Waals surface area (Å²) in [4.78, 5) is 8.41. The van der Waals surface area contributed by atoms with Crippen molar-refractivity contribution in [3.63, 3.8) is 0 Å². The Hall–Kier alpha value is -2.54. The van der Waals surface area contributed by atoms with Gasteiger partial charge in [0.1, 0.15) is 17.7 Å². The monoisotopic (exact) mass is 482 g/mol. The Morgan fingerprint density at radius 1 is 1.27 bits per heavy atom. The summed E-state index contributed by atoms with van der Waals surface area (Å²) in [6.07, 6.45) is 5.30. The number of imidazole rings is 1. The van der Waals surface area contributed by atoms with Crippen LogP contribution in [0.4, 0.5) is 10.2 Å². The minimum Gasteiger partial charge on any atom is -0.341 e. The summed E-state index contributed by atoms with van der Waals surface area (Å²) in [5, 5.41) is 19.2. The summed E-state index contributed by atoms with van der Waals surface area (Å²) in [5.41, 5.74) is 2.67. The molecule has 0 radical (unpaired) electrons. The second-order valence-corrected chi connectivity index (χ2v) is 10.4. The van der Waals surface area contributed by atoms with Gasteiger partial charge in [-0.25, -0.2) is 9.37 Å². The van der Waals surface area contributed by atoms with Crippen LogP contribution in [0.2, 0.25) is 0 Å². The molecule has 1 aromatic carbocycles. The van der Waals surface area contributed by atoms with Crippen LogP contribution in [0.3, 0.4) is 0 Å². The quantitative estimate of drug-likeness (QED) is 0.521. The third kappa shape index (κ3) is 3.90. The van der Waals surface area contributed by atoms with E-state index in [-0.39, 0.29) is 5.82 Å². The van der Waals surface area contributed by atoms with E-state index in [1.807, 2.05) is 5.41 Å². The second kappa shape index (κ2) is 9.01. The number of piperidine rings is 1. The maximum atomic E-state index is 13.4.